The monoisotopic (exact) mass is 384 g/mol. The molecule has 3 saturated carbocycles. The smallest absolute Gasteiger partial charge is 0.105 e. The summed E-state index contributed by atoms with van der Waals surface area (Å²) >= 11 is 0. The lowest BCUT2D eigenvalue weighted by Crippen LogP contribution is -2.26. The first-order chi connectivity index (χ1) is 13.3. The number of benzene rings is 1. The molecule has 1 aromatic carbocycles. The van der Waals surface area contributed by atoms with Gasteiger partial charge in [-0.1, -0.05) is 54.8 Å². The molecule has 0 saturated heterocycles. The van der Waals surface area contributed by atoms with E-state index in [2.05, 4.69) is 37.8 Å². The van der Waals surface area contributed by atoms with E-state index in [1.165, 1.54) is 80.9 Å². The molecule has 28 heavy (non-hydrogen) atoms. The van der Waals surface area contributed by atoms with Crippen molar-refractivity contribution in [1.82, 2.24) is 0 Å². The van der Waals surface area contributed by atoms with Crippen LogP contribution in [0, 0.1) is 18.3 Å². The fraction of sp³-hybridized carbons (Fsp3) is 0.704. The molecule has 0 nitrogen and oxygen atoms in total. The molecule has 3 fully saturated rings. The van der Waals surface area contributed by atoms with E-state index in [1.54, 1.807) is 13.8 Å². The van der Waals surface area contributed by atoms with Crippen LogP contribution in [0.4, 0.5) is 4.39 Å². The summed E-state index contributed by atoms with van der Waals surface area (Å²) < 4.78 is 13.4. The van der Waals surface area contributed by atoms with Crippen molar-refractivity contribution in [2.45, 2.75) is 109 Å². The van der Waals surface area contributed by atoms with Crippen LogP contribution in [0.15, 0.2) is 36.4 Å². The van der Waals surface area contributed by atoms with Gasteiger partial charge in [-0.3, -0.25) is 0 Å². The Kier molecular flexibility index (Phi) is 7.05. The Morgan fingerprint density at radius 1 is 1.04 bits per heavy atom. The zero-order chi connectivity index (χ0) is 20.2. The van der Waals surface area contributed by atoms with Crippen molar-refractivity contribution in [3.05, 3.63) is 47.5 Å². The van der Waals surface area contributed by atoms with Gasteiger partial charge in [0.2, 0.25) is 0 Å². The first kappa shape index (κ1) is 21.6. The minimum atomic E-state index is -0.977. The molecule has 1 spiro atoms. The van der Waals surface area contributed by atoms with Crippen molar-refractivity contribution in [2.24, 2.45) is 11.3 Å². The lowest BCUT2D eigenvalue weighted by Gasteiger charge is -2.38. The number of aryl methyl sites for hydroxylation is 1. The van der Waals surface area contributed by atoms with E-state index >= 15 is 0 Å². The summed E-state index contributed by atoms with van der Waals surface area (Å²) in [5, 5.41) is 0. The van der Waals surface area contributed by atoms with Gasteiger partial charge in [0.15, 0.2) is 0 Å². The van der Waals surface area contributed by atoms with E-state index in [0.29, 0.717) is 5.41 Å². The largest absolute Gasteiger partial charge is 0.245 e. The molecule has 3 aliphatic carbocycles. The molecule has 1 heteroatoms. The van der Waals surface area contributed by atoms with Crippen molar-refractivity contribution in [3.63, 3.8) is 0 Å². The Hall–Kier alpha value is -1.11. The van der Waals surface area contributed by atoms with Gasteiger partial charge in [-0.15, -0.1) is 0 Å². The SMILES string of the molecule is C=C1CCCC12CCC(CCCC(C)(C)F)CC2.Cc1ccc(C2CC2)cc1. The normalized spacial score (nSPS) is 27.6. The highest BCUT2D eigenvalue weighted by Crippen LogP contribution is 2.53. The van der Waals surface area contributed by atoms with Gasteiger partial charge in [-0.2, -0.15) is 0 Å². The highest BCUT2D eigenvalue weighted by Gasteiger charge is 2.39. The number of alkyl halides is 1. The average Bonchev–Trinajstić information content (AvgIpc) is 3.43. The summed E-state index contributed by atoms with van der Waals surface area (Å²) in [6, 6.07) is 8.92. The molecule has 0 aromatic heterocycles. The fourth-order valence-corrected chi connectivity index (χ4v) is 5.27. The van der Waals surface area contributed by atoms with Gasteiger partial charge in [-0.05, 0) is 108 Å². The predicted octanol–water partition coefficient (Wildman–Crippen LogP) is 8.69. The fourth-order valence-electron chi connectivity index (χ4n) is 5.27. The molecule has 0 radical (unpaired) electrons. The minimum Gasteiger partial charge on any atom is -0.245 e. The maximum absolute atomic E-state index is 13.4. The van der Waals surface area contributed by atoms with E-state index < -0.39 is 5.67 Å². The van der Waals surface area contributed by atoms with Crippen molar-refractivity contribution in [2.75, 3.05) is 0 Å². The van der Waals surface area contributed by atoms with Gasteiger partial charge in [0, 0.05) is 0 Å². The highest BCUT2D eigenvalue weighted by atomic mass is 19.1. The minimum absolute atomic E-state index is 0.524. The number of halogens is 1. The molecule has 156 valence electrons. The summed E-state index contributed by atoms with van der Waals surface area (Å²) in [6.07, 6.45) is 15.3. The van der Waals surface area contributed by atoms with Crippen LogP contribution in [-0.2, 0) is 0 Å². The Bertz CT molecular complexity index is 621. The number of allylic oxidation sites excluding steroid dienone is 1. The third kappa shape index (κ3) is 6.19. The van der Waals surface area contributed by atoms with Crippen molar-refractivity contribution in [1.29, 1.82) is 0 Å². The molecular weight excluding hydrogens is 343 g/mol. The summed E-state index contributed by atoms with van der Waals surface area (Å²) in [5.74, 6) is 1.76. The van der Waals surface area contributed by atoms with Gasteiger partial charge in [0.25, 0.3) is 0 Å². The molecule has 0 N–H and O–H groups in total. The quantitative estimate of drug-likeness (QED) is 0.445. The Morgan fingerprint density at radius 2 is 1.68 bits per heavy atom. The standard InChI is InChI=1S/C17H29F.C10H12/c1-14-6-4-11-17(14)12-8-15(9-13-17)7-5-10-16(2,3)18;1-8-2-4-9(5-3-8)10-6-7-10/h15H,1,4-13H2,2-3H3;2-5,10H,6-7H2,1H3. The summed E-state index contributed by atoms with van der Waals surface area (Å²) in [4.78, 5) is 0. The molecule has 0 unspecified atom stereocenters. The average molecular weight is 385 g/mol. The zero-order valence-corrected chi connectivity index (χ0v) is 18.5. The molecule has 0 bridgehead atoms. The highest BCUT2D eigenvalue weighted by molar-refractivity contribution is 5.27. The molecule has 0 aliphatic heterocycles. The topological polar surface area (TPSA) is 0 Å². The molecule has 0 atom stereocenters. The van der Waals surface area contributed by atoms with Crippen LogP contribution >= 0.6 is 0 Å². The van der Waals surface area contributed by atoms with Crippen LogP contribution in [0.1, 0.15) is 108 Å². The van der Waals surface area contributed by atoms with Crippen molar-refractivity contribution in [3.8, 4) is 0 Å². The van der Waals surface area contributed by atoms with Crippen LogP contribution in [0.25, 0.3) is 0 Å². The zero-order valence-electron chi connectivity index (χ0n) is 18.5. The first-order valence-corrected chi connectivity index (χ1v) is 11.7. The third-order valence-electron chi connectivity index (χ3n) is 7.46. The predicted molar refractivity (Wildman–Crippen MR) is 120 cm³/mol. The number of hydrogen-bond acceptors (Lipinski definition) is 0. The number of rotatable bonds is 5. The van der Waals surface area contributed by atoms with Gasteiger partial charge >= 0.3 is 0 Å². The van der Waals surface area contributed by atoms with E-state index in [9.17, 15) is 4.39 Å². The molecule has 3 aliphatic rings. The van der Waals surface area contributed by atoms with E-state index in [1.807, 2.05) is 0 Å². The van der Waals surface area contributed by atoms with Gasteiger partial charge < -0.3 is 0 Å². The van der Waals surface area contributed by atoms with Gasteiger partial charge in [0.05, 0.1) is 0 Å². The Morgan fingerprint density at radius 3 is 2.18 bits per heavy atom. The molecule has 1 aromatic rings. The Labute approximate surface area is 173 Å². The molecule has 0 amide bonds. The first-order valence-electron chi connectivity index (χ1n) is 11.7. The van der Waals surface area contributed by atoms with Crippen molar-refractivity contribution >= 4 is 0 Å². The second-order valence-electron chi connectivity index (χ2n) is 10.5. The van der Waals surface area contributed by atoms with Crippen LogP contribution in [0.2, 0.25) is 0 Å². The van der Waals surface area contributed by atoms with Crippen LogP contribution in [0.5, 0.6) is 0 Å². The van der Waals surface area contributed by atoms with E-state index in [0.717, 1.165) is 24.7 Å². The Balaban J connectivity index is 0.000000188. The molecule has 4 rings (SSSR count). The maximum atomic E-state index is 13.4. The summed E-state index contributed by atoms with van der Waals surface area (Å²) in [5.41, 5.74) is 3.98. The van der Waals surface area contributed by atoms with Gasteiger partial charge in [0.1, 0.15) is 5.67 Å². The van der Waals surface area contributed by atoms with E-state index in [-0.39, 0.29) is 0 Å². The van der Waals surface area contributed by atoms with Gasteiger partial charge in [-0.25, -0.2) is 4.39 Å². The third-order valence-corrected chi connectivity index (χ3v) is 7.46. The molecular formula is C27H41F. The van der Waals surface area contributed by atoms with Crippen LogP contribution < -0.4 is 0 Å². The molecule has 0 heterocycles. The second kappa shape index (κ2) is 9.14. The maximum Gasteiger partial charge on any atom is 0.105 e. The van der Waals surface area contributed by atoms with Crippen LogP contribution in [-0.4, -0.2) is 5.67 Å². The lowest BCUT2D eigenvalue weighted by atomic mass is 9.67. The number of hydrogen-bond donors (Lipinski definition) is 0. The lowest BCUT2D eigenvalue weighted by molar-refractivity contribution is 0.165. The van der Waals surface area contributed by atoms with Crippen molar-refractivity contribution < 1.29 is 4.39 Å². The summed E-state index contributed by atoms with van der Waals surface area (Å²) in [6.45, 7) is 9.84. The van der Waals surface area contributed by atoms with Crippen LogP contribution in [0.3, 0.4) is 0 Å². The van der Waals surface area contributed by atoms with E-state index in [4.69, 9.17) is 0 Å². The summed E-state index contributed by atoms with van der Waals surface area (Å²) in [7, 11) is 0. The second-order valence-corrected chi connectivity index (χ2v) is 10.5.